The zero-order chi connectivity index (χ0) is 20.2. The first-order chi connectivity index (χ1) is 14.2. The molecule has 1 aliphatic rings. The minimum Gasteiger partial charge on any atom is -0.372 e. The minimum absolute atomic E-state index is 0.132. The molecule has 0 amide bonds. The van der Waals surface area contributed by atoms with Gasteiger partial charge in [-0.3, -0.25) is 4.79 Å². The average molecular weight is 453 g/mol. The zero-order valence-electron chi connectivity index (χ0n) is 16.6. The van der Waals surface area contributed by atoms with Gasteiger partial charge in [0.25, 0.3) is 5.56 Å². The minimum atomic E-state index is -0.132. The largest absolute Gasteiger partial charge is 0.372 e. The topological polar surface area (TPSA) is 50.5 Å². The monoisotopic (exact) mass is 452 g/mol. The van der Waals surface area contributed by atoms with Crippen LogP contribution in [0.5, 0.6) is 0 Å². The van der Waals surface area contributed by atoms with Crippen LogP contribution in [0, 0.1) is 0 Å². The van der Waals surface area contributed by atoms with Crippen molar-refractivity contribution in [3.8, 4) is 0 Å². The smallest absolute Gasteiger partial charge is 0.282 e. The maximum absolute atomic E-state index is 13.1. The summed E-state index contributed by atoms with van der Waals surface area (Å²) < 4.78 is 2.32. The lowest BCUT2D eigenvalue weighted by Crippen LogP contribution is -2.22. The fraction of sp³-hybridized carbons (Fsp3) is 0.348. The highest BCUT2D eigenvalue weighted by atomic mass is 79.9. The molecule has 3 aromatic rings. The van der Waals surface area contributed by atoms with Crippen molar-refractivity contribution < 1.29 is 0 Å². The molecule has 1 fully saturated rings. The van der Waals surface area contributed by atoms with Gasteiger partial charge in [-0.25, -0.2) is 4.98 Å². The lowest BCUT2D eigenvalue weighted by Gasteiger charge is -2.17. The maximum Gasteiger partial charge on any atom is 0.282 e. The zero-order valence-corrected chi connectivity index (χ0v) is 18.2. The number of rotatable bonds is 6. The van der Waals surface area contributed by atoms with Crippen molar-refractivity contribution in [3.05, 3.63) is 68.7 Å². The number of unbranched alkanes of at least 4 members (excludes halogenated alkanes) is 1. The Hall–Kier alpha value is -2.47. The lowest BCUT2D eigenvalue weighted by atomic mass is 10.2. The average Bonchev–Trinajstić information content (AvgIpc) is 3.27. The SMILES string of the molecule is CCCCc1nc2ccc(Br)cc2c(=O)n1N=Cc1ccc(N2CCCC2)cc1. The molecule has 1 aromatic heterocycles. The van der Waals surface area contributed by atoms with Gasteiger partial charge in [0.1, 0.15) is 5.82 Å². The first kappa shape index (κ1) is 19.8. The predicted molar refractivity (Wildman–Crippen MR) is 123 cm³/mol. The normalized spacial score (nSPS) is 14.3. The van der Waals surface area contributed by atoms with Crippen molar-refractivity contribution in [1.29, 1.82) is 0 Å². The highest BCUT2D eigenvalue weighted by Crippen LogP contribution is 2.20. The van der Waals surface area contributed by atoms with Crippen LogP contribution in [0.4, 0.5) is 5.69 Å². The molecule has 0 radical (unpaired) electrons. The molecule has 4 rings (SSSR count). The Bertz CT molecular complexity index is 1080. The lowest BCUT2D eigenvalue weighted by molar-refractivity contribution is 0.675. The number of aromatic nitrogens is 2. The summed E-state index contributed by atoms with van der Waals surface area (Å²) in [6, 6.07) is 14.0. The van der Waals surface area contributed by atoms with Crippen LogP contribution in [0.1, 0.15) is 44.0 Å². The molecular weight excluding hydrogens is 428 g/mol. The molecular formula is C23H25BrN4O. The van der Waals surface area contributed by atoms with Crippen molar-refractivity contribution in [2.24, 2.45) is 5.10 Å². The fourth-order valence-electron chi connectivity index (χ4n) is 3.68. The van der Waals surface area contributed by atoms with Crippen LogP contribution >= 0.6 is 15.9 Å². The number of halogens is 1. The molecule has 0 bridgehead atoms. The van der Waals surface area contributed by atoms with E-state index in [4.69, 9.17) is 4.98 Å². The van der Waals surface area contributed by atoms with Gasteiger partial charge in [0, 0.05) is 29.7 Å². The Balaban J connectivity index is 1.68. The summed E-state index contributed by atoms with van der Waals surface area (Å²) in [5.74, 6) is 0.705. The Labute approximate surface area is 179 Å². The van der Waals surface area contributed by atoms with E-state index >= 15 is 0 Å². The highest BCUT2D eigenvalue weighted by molar-refractivity contribution is 9.10. The number of hydrogen-bond donors (Lipinski definition) is 0. The quantitative estimate of drug-likeness (QED) is 0.495. The molecule has 0 N–H and O–H groups in total. The highest BCUT2D eigenvalue weighted by Gasteiger charge is 2.12. The Morgan fingerprint density at radius 1 is 1.14 bits per heavy atom. The van der Waals surface area contributed by atoms with Gasteiger partial charge in [0.2, 0.25) is 0 Å². The second kappa shape index (κ2) is 8.91. The first-order valence-electron chi connectivity index (χ1n) is 10.3. The third-order valence-electron chi connectivity index (χ3n) is 5.32. The van der Waals surface area contributed by atoms with Crippen LogP contribution in [-0.4, -0.2) is 29.0 Å². The van der Waals surface area contributed by atoms with E-state index in [1.54, 1.807) is 6.21 Å². The molecule has 0 saturated carbocycles. The Kier molecular flexibility index (Phi) is 6.09. The summed E-state index contributed by atoms with van der Waals surface area (Å²) in [6.45, 7) is 4.38. The molecule has 0 unspecified atom stereocenters. The van der Waals surface area contributed by atoms with E-state index in [0.717, 1.165) is 42.4 Å². The molecule has 6 heteroatoms. The molecule has 2 heterocycles. The summed E-state index contributed by atoms with van der Waals surface area (Å²) in [4.78, 5) is 20.2. The van der Waals surface area contributed by atoms with Crippen LogP contribution in [0.15, 0.2) is 56.8 Å². The standard InChI is InChI=1S/C23H25BrN4O/c1-2-3-6-22-26-21-12-9-18(24)15-20(21)23(29)28(22)25-16-17-7-10-19(11-8-17)27-13-4-5-14-27/h7-12,15-16H,2-6,13-14H2,1H3. The molecule has 0 aliphatic carbocycles. The second-order valence-electron chi connectivity index (χ2n) is 7.44. The number of nitrogens with zero attached hydrogens (tertiary/aromatic N) is 4. The van der Waals surface area contributed by atoms with Crippen LogP contribution < -0.4 is 10.5 Å². The molecule has 2 aromatic carbocycles. The van der Waals surface area contributed by atoms with Gasteiger partial charge in [0.15, 0.2) is 0 Å². The van der Waals surface area contributed by atoms with Crippen molar-refractivity contribution in [3.63, 3.8) is 0 Å². The van der Waals surface area contributed by atoms with E-state index in [1.807, 2.05) is 18.2 Å². The third kappa shape index (κ3) is 4.42. The number of hydrogen-bond acceptors (Lipinski definition) is 4. The van der Waals surface area contributed by atoms with Crippen LogP contribution in [0.3, 0.4) is 0 Å². The predicted octanol–water partition coefficient (Wildman–Crippen LogP) is 4.98. The van der Waals surface area contributed by atoms with Crippen molar-refractivity contribution >= 4 is 38.7 Å². The van der Waals surface area contributed by atoms with Gasteiger partial charge in [-0.1, -0.05) is 41.4 Å². The first-order valence-corrected chi connectivity index (χ1v) is 11.1. The molecule has 5 nitrogen and oxygen atoms in total. The van der Waals surface area contributed by atoms with Gasteiger partial charge in [-0.15, -0.1) is 0 Å². The summed E-state index contributed by atoms with van der Waals surface area (Å²) in [5.41, 5.74) is 2.80. The maximum atomic E-state index is 13.1. The molecule has 29 heavy (non-hydrogen) atoms. The Morgan fingerprint density at radius 3 is 2.62 bits per heavy atom. The molecule has 1 aliphatic heterocycles. The van der Waals surface area contributed by atoms with E-state index < -0.39 is 0 Å². The molecule has 150 valence electrons. The van der Waals surface area contributed by atoms with E-state index in [9.17, 15) is 4.79 Å². The van der Waals surface area contributed by atoms with Gasteiger partial charge < -0.3 is 4.90 Å². The van der Waals surface area contributed by atoms with Crippen LogP contribution in [0.25, 0.3) is 10.9 Å². The summed E-state index contributed by atoms with van der Waals surface area (Å²) in [5, 5.41) is 5.09. The Morgan fingerprint density at radius 2 is 1.90 bits per heavy atom. The van der Waals surface area contributed by atoms with Crippen molar-refractivity contribution in [1.82, 2.24) is 9.66 Å². The van der Waals surface area contributed by atoms with E-state index in [1.165, 1.54) is 23.2 Å². The summed E-state index contributed by atoms with van der Waals surface area (Å²) in [7, 11) is 0. The molecule has 0 atom stereocenters. The summed E-state index contributed by atoms with van der Waals surface area (Å²) in [6.07, 6.45) is 7.00. The number of anilines is 1. The van der Waals surface area contributed by atoms with Gasteiger partial charge >= 0.3 is 0 Å². The van der Waals surface area contributed by atoms with E-state index in [0.29, 0.717) is 16.7 Å². The van der Waals surface area contributed by atoms with Crippen molar-refractivity contribution in [2.45, 2.75) is 39.0 Å². The van der Waals surface area contributed by atoms with E-state index in [2.05, 4.69) is 57.1 Å². The number of benzene rings is 2. The molecule has 1 saturated heterocycles. The molecule has 0 spiro atoms. The van der Waals surface area contributed by atoms with Crippen LogP contribution in [-0.2, 0) is 6.42 Å². The second-order valence-corrected chi connectivity index (χ2v) is 8.36. The van der Waals surface area contributed by atoms with E-state index in [-0.39, 0.29) is 5.56 Å². The fourth-order valence-corrected chi connectivity index (χ4v) is 4.04. The third-order valence-corrected chi connectivity index (χ3v) is 5.81. The number of fused-ring (bicyclic) bond motifs is 1. The summed E-state index contributed by atoms with van der Waals surface area (Å²) >= 11 is 3.44. The van der Waals surface area contributed by atoms with Gasteiger partial charge in [-0.05, 0) is 55.2 Å². The van der Waals surface area contributed by atoms with Crippen LogP contribution in [0.2, 0.25) is 0 Å². The van der Waals surface area contributed by atoms with Crippen molar-refractivity contribution in [2.75, 3.05) is 18.0 Å². The number of aryl methyl sites for hydroxylation is 1. The van der Waals surface area contributed by atoms with Gasteiger partial charge in [0.05, 0.1) is 17.1 Å². The van der Waals surface area contributed by atoms with Gasteiger partial charge in [-0.2, -0.15) is 9.78 Å².